The van der Waals surface area contributed by atoms with Crippen molar-refractivity contribution in [3.8, 4) is 5.75 Å². The second-order valence-electron chi connectivity index (χ2n) is 7.73. The van der Waals surface area contributed by atoms with Crippen LogP contribution in [0.15, 0.2) is 48.5 Å². The Labute approximate surface area is 191 Å². The maximum absolute atomic E-state index is 12.6. The molecule has 0 aliphatic carbocycles. The Kier molecular flexibility index (Phi) is 8.25. The van der Waals surface area contributed by atoms with Gasteiger partial charge in [-0.15, -0.1) is 0 Å². The highest BCUT2D eigenvalue weighted by atomic mass is 35.5. The maximum Gasteiger partial charge on any atom is 0.333 e. The summed E-state index contributed by atoms with van der Waals surface area (Å²) in [5, 5.41) is 9.65. The lowest BCUT2D eigenvalue weighted by molar-refractivity contribution is -0.148. The predicted molar refractivity (Wildman–Crippen MR) is 119 cm³/mol. The molecule has 0 saturated carbocycles. The third kappa shape index (κ3) is 6.31. The monoisotopic (exact) mass is 459 g/mol. The molecule has 0 aromatic heterocycles. The molecule has 1 heterocycles. The molecule has 1 saturated heterocycles. The molecule has 32 heavy (non-hydrogen) atoms. The number of benzene rings is 2. The van der Waals surface area contributed by atoms with Gasteiger partial charge >= 0.3 is 5.97 Å². The van der Waals surface area contributed by atoms with Gasteiger partial charge in [0.15, 0.2) is 18.5 Å². The van der Waals surface area contributed by atoms with E-state index in [0.717, 1.165) is 5.56 Å². The van der Waals surface area contributed by atoms with Crippen LogP contribution in [-0.4, -0.2) is 60.6 Å². The Morgan fingerprint density at radius 1 is 1.06 bits per heavy atom. The van der Waals surface area contributed by atoms with Crippen LogP contribution in [0, 0.1) is 5.92 Å². The van der Waals surface area contributed by atoms with E-state index in [2.05, 4.69) is 0 Å². The number of carboxylic acids is 1. The van der Waals surface area contributed by atoms with E-state index in [1.165, 1.54) is 7.11 Å². The van der Waals surface area contributed by atoms with E-state index in [9.17, 15) is 14.4 Å². The number of carboxylic acid groups (broad SMARTS) is 1. The summed E-state index contributed by atoms with van der Waals surface area (Å²) < 4.78 is 10.5. The minimum absolute atomic E-state index is 0.0868. The second-order valence-corrected chi connectivity index (χ2v) is 8.16. The van der Waals surface area contributed by atoms with E-state index in [4.69, 9.17) is 26.2 Å². The van der Waals surface area contributed by atoms with Crippen LogP contribution in [0.4, 0.5) is 0 Å². The average Bonchev–Trinajstić information content (AvgIpc) is 2.81. The number of carbonyl (C=O) groups excluding carboxylic acids is 2. The number of Topliss-reactive ketones (excluding diaryl/α,β-unsaturated/α-hetero) is 1. The van der Waals surface area contributed by atoms with Gasteiger partial charge in [-0.1, -0.05) is 23.7 Å². The highest BCUT2D eigenvalue weighted by molar-refractivity contribution is 6.30. The van der Waals surface area contributed by atoms with Crippen molar-refractivity contribution >= 4 is 29.3 Å². The van der Waals surface area contributed by atoms with Crippen molar-refractivity contribution < 1.29 is 29.0 Å². The first-order valence-corrected chi connectivity index (χ1v) is 10.8. The molecule has 170 valence electrons. The second kappa shape index (κ2) is 11.1. The highest BCUT2D eigenvalue weighted by Gasteiger charge is 2.28. The molecule has 2 aromatic rings. The van der Waals surface area contributed by atoms with Crippen molar-refractivity contribution in [2.24, 2.45) is 5.92 Å². The molecule has 2 aromatic carbocycles. The fourth-order valence-corrected chi connectivity index (χ4v) is 3.81. The number of ether oxygens (including phenoxy) is 2. The summed E-state index contributed by atoms with van der Waals surface area (Å²) in [6.45, 7) is 0.933. The third-order valence-corrected chi connectivity index (χ3v) is 5.87. The number of halogens is 1. The molecule has 1 N–H and O–H groups in total. The van der Waals surface area contributed by atoms with Gasteiger partial charge in [-0.25, -0.2) is 4.79 Å². The first kappa shape index (κ1) is 23.8. The number of rotatable bonds is 9. The molecule has 0 bridgehead atoms. The van der Waals surface area contributed by atoms with Crippen molar-refractivity contribution in [1.82, 2.24) is 4.90 Å². The number of aliphatic carboxylic acids is 1. The third-order valence-electron chi connectivity index (χ3n) is 5.61. The number of piperidine rings is 1. The molecule has 8 heteroatoms. The van der Waals surface area contributed by atoms with E-state index in [0.29, 0.717) is 42.3 Å². The number of ketones is 1. The Morgan fingerprint density at radius 2 is 1.69 bits per heavy atom. The van der Waals surface area contributed by atoms with Gasteiger partial charge in [-0.05, 0) is 54.8 Å². The standard InChI is InChI=1S/C24H26ClNO6/c1-31-21(24(29)30)14-16-2-8-20(9-3-16)32-15-22(27)26-12-10-18(11-13-26)23(28)17-4-6-19(25)7-5-17/h2-9,18,21H,10-15H2,1H3,(H,29,30). The quantitative estimate of drug-likeness (QED) is 0.577. The van der Waals surface area contributed by atoms with Crippen molar-refractivity contribution in [3.05, 3.63) is 64.7 Å². The molecule has 1 unspecified atom stereocenters. The molecule has 0 spiro atoms. The fourth-order valence-electron chi connectivity index (χ4n) is 3.68. The van der Waals surface area contributed by atoms with E-state index >= 15 is 0 Å². The van der Waals surface area contributed by atoms with E-state index in [1.54, 1.807) is 53.4 Å². The van der Waals surface area contributed by atoms with Gasteiger partial charge < -0.3 is 19.5 Å². The van der Waals surface area contributed by atoms with Gasteiger partial charge in [0.25, 0.3) is 5.91 Å². The van der Waals surface area contributed by atoms with Crippen LogP contribution in [0.5, 0.6) is 5.75 Å². The zero-order valence-electron chi connectivity index (χ0n) is 17.8. The number of nitrogens with zero attached hydrogens (tertiary/aromatic N) is 1. The molecular weight excluding hydrogens is 434 g/mol. The normalized spacial score (nSPS) is 15.2. The van der Waals surface area contributed by atoms with Crippen LogP contribution >= 0.6 is 11.6 Å². The van der Waals surface area contributed by atoms with Crippen molar-refractivity contribution in [3.63, 3.8) is 0 Å². The number of likely N-dealkylation sites (tertiary alicyclic amines) is 1. The van der Waals surface area contributed by atoms with Gasteiger partial charge in [0.05, 0.1) is 0 Å². The SMILES string of the molecule is COC(Cc1ccc(OCC(=O)N2CCC(C(=O)c3ccc(Cl)cc3)CC2)cc1)C(=O)O. The molecular formula is C24H26ClNO6. The minimum atomic E-state index is -1.02. The zero-order chi connectivity index (χ0) is 23.1. The van der Waals surface area contributed by atoms with Crippen LogP contribution in [-0.2, 0) is 20.7 Å². The summed E-state index contributed by atoms with van der Waals surface area (Å²) in [4.78, 5) is 37.9. The molecule has 3 rings (SSSR count). The lowest BCUT2D eigenvalue weighted by Gasteiger charge is -2.31. The molecule has 0 radical (unpaired) electrons. The Hall–Kier alpha value is -2.90. The summed E-state index contributed by atoms with van der Waals surface area (Å²) in [5.41, 5.74) is 1.44. The number of amides is 1. The first-order chi connectivity index (χ1) is 15.4. The van der Waals surface area contributed by atoms with Crippen molar-refractivity contribution in [2.45, 2.75) is 25.4 Å². The molecule has 1 atom stereocenters. The van der Waals surface area contributed by atoms with E-state index in [-0.39, 0.29) is 30.6 Å². The van der Waals surface area contributed by atoms with Gasteiger partial charge in [0, 0.05) is 43.1 Å². The minimum Gasteiger partial charge on any atom is -0.484 e. The molecule has 1 aliphatic rings. The topological polar surface area (TPSA) is 93.1 Å². The first-order valence-electron chi connectivity index (χ1n) is 10.4. The van der Waals surface area contributed by atoms with Gasteiger partial charge in [0.2, 0.25) is 0 Å². The Bertz CT molecular complexity index is 936. The maximum atomic E-state index is 12.6. The van der Waals surface area contributed by atoms with E-state index in [1.807, 2.05) is 0 Å². The summed E-state index contributed by atoms with van der Waals surface area (Å²) in [6.07, 6.45) is 0.574. The summed E-state index contributed by atoms with van der Waals surface area (Å²) in [7, 11) is 1.36. The number of hydrogen-bond acceptors (Lipinski definition) is 5. The van der Waals surface area contributed by atoms with Gasteiger partial charge in [0.1, 0.15) is 5.75 Å². The molecule has 1 amide bonds. The summed E-state index contributed by atoms with van der Waals surface area (Å²) in [5.74, 6) is -0.632. The molecule has 1 fully saturated rings. The zero-order valence-corrected chi connectivity index (χ0v) is 18.6. The van der Waals surface area contributed by atoms with Crippen LogP contribution in [0.25, 0.3) is 0 Å². The van der Waals surface area contributed by atoms with Crippen molar-refractivity contribution in [1.29, 1.82) is 0 Å². The van der Waals surface area contributed by atoms with Gasteiger partial charge in [-0.3, -0.25) is 9.59 Å². The average molecular weight is 460 g/mol. The van der Waals surface area contributed by atoms with Crippen molar-refractivity contribution in [2.75, 3.05) is 26.8 Å². The smallest absolute Gasteiger partial charge is 0.333 e. The summed E-state index contributed by atoms with van der Waals surface area (Å²) in [6, 6.07) is 13.8. The van der Waals surface area contributed by atoms with E-state index < -0.39 is 12.1 Å². The Morgan fingerprint density at radius 3 is 2.25 bits per heavy atom. The lowest BCUT2D eigenvalue weighted by atomic mass is 9.89. The molecule has 1 aliphatic heterocycles. The fraction of sp³-hybridized carbons (Fsp3) is 0.375. The van der Waals surface area contributed by atoms with Crippen LogP contribution in [0.2, 0.25) is 5.02 Å². The van der Waals surface area contributed by atoms with Crippen LogP contribution in [0.1, 0.15) is 28.8 Å². The summed E-state index contributed by atoms with van der Waals surface area (Å²) >= 11 is 5.88. The van der Waals surface area contributed by atoms with Crippen LogP contribution < -0.4 is 4.74 Å². The number of carbonyl (C=O) groups is 3. The molecule has 7 nitrogen and oxygen atoms in total. The Balaban J connectivity index is 1.44. The number of hydrogen-bond donors (Lipinski definition) is 1. The van der Waals surface area contributed by atoms with Gasteiger partial charge in [-0.2, -0.15) is 0 Å². The lowest BCUT2D eigenvalue weighted by Crippen LogP contribution is -2.42. The number of methoxy groups -OCH3 is 1. The van der Waals surface area contributed by atoms with Crippen LogP contribution in [0.3, 0.4) is 0 Å². The highest BCUT2D eigenvalue weighted by Crippen LogP contribution is 2.23. The largest absolute Gasteiger partial charge is 0.484 e. The predicted octanol–water partition coefficient (Wildman–Crippen LogP) is 3.48.